The molecule has 0 bridgehead atoms. The SMILES string of the molecule is Cc1cccc(NC(=O)CSc2nnc(C(F)(F)F)n2C)c1C. The second-order valence-electron chi connectivity index (χ2n) is 4.95. The van der Waals surface area contributed by atoms with Gasteiger partial charge >= 0.3 is 6.18 Å². The van der Waals surface area contributed by atoms with Gasteiger partial charge < -0.3 is 9.88 Å². The number of benzene rings is 1. The van der Waals surface area contributed by atoms with E-state index in [2.05, 4.69) is 15.5 Å². The lowest BCUT2D eigenvalue weighted by molar-refractivity contribution is -0.147. The first kappa shape index (κ1) is 17.3. The van der Waals surface area contributed by atoms with Crippen molar-refractivity contribution in [2.75, 3.05) is 11.1 Å². The fourth-order valence-corrected chi connectivity index (χ4v) is 2.60. The van der Waals surface area contributed by atoms with Gasteiger partial charge in [-0.1, -0.05) is 23.9 Å². The van der Waals surface area contributed by atoms with E-state index in [0.29, 0.717) is 5.69 Å². The Hall–Kier alpha value is -2.03. The number of hydrogen-bond acceptors (Lipinski definition) is 4. The molecule has 0 saturated carbocycles. The smallest absolute Gasteiger partial charge is 0.325 e. The molecule has 0 spiro atoms. The van der Waals surface area contributed by atoms with Crippen molar-refractivity contribution in [3.63, 3.8) is 0 Å². The topological polar surface area (TPSA) is 59.8 Å². The minimum Gasteiger partial charge on any atom is -0.325 e. The summed E-state index contributed by atoms with van der Waals surface area (Å²) in [5, 5.41) is 9.35. The van der Waals surface area contributed by atoms with E-state index in [9.17, 15) is 18.0 Å². The van der Waals surface area contributed by atoms with Crippen LogP contribution in [0.1, 0.15) is 17.0 Å². The standard InChI is InChI=1S/C14H15F3N4OS/c1-8-5-4-6-10(9(8)2)18-11(22)7-23-13-20-19-12(21(13)3)14(15,16)17/h4-6H,7H2,1-3H3,(H,18,22). The maximum atomic E-state index is 12.6. The van der Waals surface area contributed by atoms with Gasteiger partial charge in [-0.15, -0.1) is 10.2 Å². The summed E-state index contributed by atoms with van der Waals surface area (Å²) in [7, 11) is 1.22. The number of halogens is 3. The van der Waals surface area contributed by atoms with Crippen molar-refractivity contribution in [3.05, 3.63) is 35.2 Å². The van der Waals surface area contributed by atoms with E-state index < -0.39 is 12.0 Å². The number of alkyl halides is 3. The highest BCUT2D eigenvalue weighted by atomic mass is 32.2. The van der Waals surface area contributed by atoms with Crippen LogP contribution >= 0.6 is 11.8 Å². The van der Waals surface area contributed by atoms with Gasteiger partial charge in [-0.3, -0.25) is 4.79 Å². The molecule has 0 aliphatic heterocycles. The number of anilines is 1. The fraction of sp³-hybridized carbons (Fsp3) is 0.357. The van der Waals surface area contributed by atoms with Crippen molar-refractivity contribution < 1.29 is 18.0 Å². The minimum atomic E-state index is -4.57. The molecule has 0 unspecified atom stereocenters. The molecule has 0 aliphatic carbocycles. The Morgan fingerprint density at radius 1 is 1.30 bits per heavy atom. The van der Waals surface area contributed by atoms with Gasteiger partial charge in [-0.2, -0.15) is 13.2 Å². The molecular formula is C14H15F3N4OS. The van der Waals surface area contributed by atoms with Crippen LogP contribution in [-0.2, 0) is 18.0 Å². The van der Waals surface area contributed by atoms with Gasteiger partial charge in [0.15, 0.2) is 5.16 Å². The van der Waals surface area contributed by atoms with Crippen molar-refractivity contribution in [1.82, 2.24) is 14.8 Å². The summed E-state index contributed by atoms with van der Waals surface area (Å²) >= 11 is 0.899. The number of carbonyl (C=O) groups excluding carboxylic acids is 1. The lowest BCUT2D eigenvalue weighted by Crippen LogP contribution is -2.16. The highest BCUT2D eigenvalue weighted by Crippen LogP contribution is 2.29. The van der Waals surface area contributed by atoms with Crippen molar-refractivity contribution >= 4 is 23.4 Å². The molecule has 0 fully saturated rings. The first-order valence-corrected chi connectivity index (χ1v) is 7.64. The quantitative estimate of drug-likeness (QED) is 0.866. The van der Waals surface area contributed by atoms with Crippen LogP contribution in [0.5, 0.6) is 0 Å². The van der Waals surface area contributed by atoms with Gasteiger partial charge in [0.2, 0.25) is 11.7 Å². The van der Waals surface area contributed by atoms with Crippen LogP contribution in [0.3, 0.4) is 0 Å². The third kappa shape index (κ3) is 4.04. The molecule has 0 radical (unpaired) electrons. The van der Waals surface area contributed by atoms with E-state index in [0.717, 1.165) is 27.5 Å². The van der Waals surface area contributed by atoms with E-state index in [1.54, 1.807) is 6.07 Å². The number of nitrogens with one attached hydrogen (secondary N) is 1. The van der Waals surface area contributed by atoms with Gasteiger partial charge in [0.05, 0.1) is 5.75 Å². The lowest BCUT2D eigenvalue weighted by atomic mass is 10.1. The number of amides is 1. The molecule has 0 atom stereocenters. The summed E-state index contributed by atoms with van der Waals surface area (Å²) in [6.45, 7) is 3.81. The number of carbonyl (C=O) groups is 1. The first-order valence-electron chi connectivity index (χ1n) is 6.65. The zero-order chi connectivity index (χ0) is 17.2. The van der Waals surface area contributed by atoms with Crippen LogP contribution in [0.15, 0.2) is 23.4 Å². The number of hydrogen-bond donors (Lipinski definition) is 1. The molecule has 0 aliphatic rings. The van der Waals surface area contributed by atoms with Crippen LogP contribution in [0.2, 0.25) is 0 Å². The number of nitrogens with zero attached hydrogens (tertiary/aromatic N) is 3. The molecule has 1 N–H and O–H groups in total. The first-order chi connectivity index (χ1) is 10.7. The third-order valence-electron chi connectivity index (χ3n) is 3.30. The summed E-state index contributed by atoms with van der Waals surface area (Å²) < 4.78 is 38.7. The predicted molar refractivity (Wildman–Crippen MR) is 81.3 cm³/mol. The molecule has 23 heavy (non-hydrogen) atoms. The molecule has 1 amide bonds. The zero-order valence-electron chi connectivity index (χ0n) is 12.7. The van der Waals surface area contributed by atoms with Crippen molar-refractivity contribution in [1.29, 1.82) is 0 Å². The van der Waals surface area contributed by atoms with Gasteiger partial charge in [0.25, 0.3) is 0 Å². The lowest BCUT2D eigenvalue weighted by Gasteiger charge is -2.10. The van der Waals surface area contributed by atoms with Gasteiger partial charge in [0, 0.05) is 12.7 Å². The summed E-state index contributed by atoms with van der Waals surface area (Å²) in [5.41, 5.74) is 2.67. The third-order valence-corrected chi connectivity index (χ3v) is 4.32. The maximum Gasteiger partial charge on any atom is 0.451 e. The number of rotatable bonds is 4. The monoisotopic (exact) mass is 344 g/mol. The van der Waals surface area contributed by atoms with Crippen LogP contribution in [0.25, 0.3) is 0 Å². The maximum absolute atomic E-state index is 12.6. The molecular weight excluding hydrogens is 329 g/mol. The second-order valence-corrected chi connectivity index (χ2v) is 5.89. The largest absolute Gasteiger partial charge is 0.451 e. The second kappa shape index (κ2) is 6.61. The molecule has 1 heterocycles. The predicted octanol–water partition coefficient (Wildman–Crippen LogP) is 3.18. The molecule has 2 aromatic rings. The number of thioether (sulfide) groups is 1. The Bertz CT molecular complexity index is 727. The summed E-state index contributed by atoms with van der Waals surface area (Å²) in [6.07, 6.45) is -4.57. The van der Waals surface area contributed by atoms with E-state index >= 15 is 0 Å². The number of aryl methyl sites for hydroxylation is 1. The van der Waals surface area contributed by atoms with E-state index in [1.807, 2.05) is 26.0 Å². The average molecular weight is 344 g/mol. The molecule has 0 saturated heterocycles. The Morgan fingerprint density at radius 3 is 2.61 bits per heavy atom. The van der Waals surface area contributed by atoms with Gasteiger partial charge in [0.1, 0.15) is 0 Å². The number of aromatic nitrogens is 3. The van der Waals surface area contributed by atoms with Gasteiger partial charge in [-0.25, -0.2) is 0 Å². The summed E-state index contributed by atoms with van der Waals surface area (Å²) in [5.74, 6) is -1.47. The summed E-state index contributed by atoms with van der Waals surface area (Å²) in [4.78, 5) is 12.0. The molecule has 5 nitrogen and oxygen atoms in total. The highest BCUT2D eigenvalue weighted by Gasteiger charge is 2.37. The Labute approximate surface area is 135 Å². The highest BCUT2D eigenvalue weighted by molar-refractivity contribution is 7.99. The summed E-state index contributed by atoms with van der Waals surface area (Å²) in [6, 6.07) is 5.52. The minimum absolute atomic E-state index is 0.0356. The van der Waals surface area contributed by atoms with Crippen molar-refractivity contribution in [2.24, 2.45) is 7.05 Å². The van der Waals surface area contributed by atoms with Crippen molar-refractivity contribution in [2.45, 2.75) is 25.2 Å². The Kier molecular flexibility index (Phi) is 4.98. The van der Waals surface area contributed by atoms with E-state index in [-0.39, 0.29) is 16.8 Å². The normalized spacial score (nSPS) is 11.6. The molecule has 124 valence electrons. The molecule has 1 aromatic heterocycles. The molecule has 2 rings (SSSR count). The van der Waals surface area contributed by atoms with Gasteiger partial charge in [-0.05, 0) is 31.0 Å². The van der Waals surface area contributed by atoms with Crippen LogP contribution < -0.4 is 5.32 Å². The van der Waals surface area contributed by atoms with Crippen LogP contribution in [0.4, 0.5) is 18.9 Å². The van der Waals surface area contributed by atoms with Crippen LogP contribution in [-0.4, -0.2) is 26.4 Å². The Morgan fingerprint density at radius 2 is 2.00 bits per heavy atom. The average Bonchev–Trinajstić information content (AvgIpc) is 2.83. The van der Waals surface area contributed by atoms with Crippen molar-refractivity contribution in [3.8, 4) is 0 Å². The Balaban J connectivity index is 2.00. The molecule has 9 heteroatoms. The zero-order valence-corrected chi connectivity index (χ0v) is 13.5. The fourth-order valence-electron chi connectivity index (χ4n) is 1.89. The molecule has 1 aromatic carbocycles. The van der Waals surface area contributed by atoms with E-state index in [1.165, 1.54) is 7.05 Å². The van der Waals surface area contributed by atoms with E-state index in [4.69, 9.17) is 0 Å². The van der Waals surface area contributed by atoms with Crippen LogP contribution in [0, 0.1) is 13.8 Å².